The van der Waals surface area contributed by atoms with Gasteiger partial charge in [-0.2, -0.15) is 4.98 Å². The Bertz CT molecular complexity index is 931. The van der Waals surface area contributed by atoms with Gasteiger partial charge in [0.05, 0.1) is 7.11 Å². The van der Waals surface area contributed by atoms with Crippen molar-refractivity contribution in [3.8, 4) is 17.1 Å². The molecule has 2 aromatic carbocycles. The molecule has 3 aromatic rings. The van der Waals surface area contributed by atoms with Gasteiger partial charge < -0.3 is 14.2 Å². The average molecular weight is 377 g/mol. The zero-order valence-electron chi connectivity index (χ0n) is 16.2. The van der Waals surface area contributed by atoms with Crippen molar-refractivity contribution in [2.45, 2.75) is 26.4 Å². The number of aromatic nitrogens is 2. The van der Waals surface area contributed by atoms with Crippen molar-refractivity contribution in [3.63, 3.8) is 0 Å². The second-order valence-corrected chi connectivity index (χ2v) is 6.54. The molecule has 0 radical (unpaired) electrons. The minimum Gasteiger partial charge on any atom is -0.497 e. The number of ether oxygens (including phenoxy) is 1. The summed E-state index contributed by atoms with van der Waals surface area (Å²) in [6.07, 6.45) is 3.37. The van der Waals surface area contributed by atoms with Gasteiger partial charge in [0.1, 0.15) is 12.3 Å². The van der Waals surface area contributed by atoms with E-state index in [9.17, 15) is 4.79 Å². The summed E-state index contributed by atoms with van der Waals surface area (Å²) in [5.74, 6) is 1.52. The predicted molar refractivity (Wildman–Crippen MR) is 107 cm³/mol. The third-order valence-electron chi connectivity index (χ3n) is 4.25. The van der Waals surface area contributed by atoms with Crippen molar-refractivity contribution >= 4 is 12.0 Å². The molecule has 6 heteroatoms. The lowest BCUT2D eigenvalue weighted by molar-refractivity contribution is -0.128. The van der Waals surface area contributed by atoms with Crippen molar-refractivity contribution in [3.05, 3.63) is 72.1 Å². The Morgan fingerprint density at radius 1 is 1.14 bits per heavy atom. The lowest BCUT2D eigenvalue weighted by atomic mass is 10.2. The number of carbonyl (C=O) groups is 1. The third kappa shape index (κ3) is 4.85. The topological polar surface area (TPSA) is 68.5 Å². The number of nitrogens with zero attached hydrogens (tertiary/aromatic N) is 3. The SMILES string of the molecule is COc1ccc(-c2noc(CN(C(=O)/C=C/c3ccccc3)C(C)C)n2)cc1. The van der Waals surface area contributed by atoms with Gasteiger partial charge in [-0.3, -0.25) is 4.79 Å². The van der Waals surface area contributed by atoms with Crippen LogP contribution in [0.4, 0.5) is 0 Å². The van der Waals surface area contributed by atoms with E-state index in [1.807, 2.05) is 68.4 Å². The van der Waals surface area contributed by atoms with Crippen molar-refractivity contribution in [2.75, 3.05) is 7.11 Å². The van der Waals surface area contributed by atoms with Crippen LogP contribution in [0.5, 0.6) is 5.75 Å². The molecule has 1 amide bonds. The summed E-state index contributed by atoms with van der Waals surface area (Å²) in [6, 6.07) is 17.1. The molecule has 3 rings (SSSR count). The molecular formula is C22H23N3O3. The third-order valence-corrected chi connectivity index (χ3v) is 4.25. The Kier molecular flexibility index (Phi) is 6.22. The van der Waals surface area contributed by atoms with Gasteiger partial charge in [0, 0.05) is 17.7 Å². The molecule has 144 valence electrons. The van der Waals surface area contributed by atoms with Gasteiger partial charge in [0.2, 0.25) is 17.6 Å². The van der Waals surface area contributed by atoms with Crippen LogP contribution < -0.4 is 4.74 Å². The van der Waals surface area contributed by atoms with Gasteiger partial charge in [-0.15, -0.1) is 0 Å². The number of hydrogen-bond donors (Lipinski definition) is 0. The Labute approximate surface area is 164 Å². The highest BCUT2D eigenvalue weighted by molar-refractivity contribution is 5.91. The van der Waals surface area contributed by atoms with E-state index in [-0.39, 0.29) is 18.5 Å². The maximum atomic E-state index is 12.6. The minimum absolute atomic E-state index is 0.00994. The molecule has 1 heterocycles. The normalized spacial score (nSPS) is 11.1. The second kappa shape index (κ2) is 8.99. The van der Waals surface area contributed by atoms with Gasteiger partial charge in [-0.1, -0.05) is 35.5 Å². The van der Waals surface area contributed by atoms with Crippen LogP contribution in [0.25, 0.3) is 17.5 Å². The predicted octanol–water partition coefficient (Wildman–Crippen LogP) is 4.20. The first-order chi connectivity index (χ1) is 13.6. The summed E-state index contributed by atoms with van der Waals surface area (Å²) >= 11 is 0. The lowest BCUT2D eigenvalue weighted by Gasteiger charge is -2.23. The van der Waals surface area contributed by atoms with Crippen molar-refractivity contribution in [1.29, 1.82) is 0 Å². The molecular weight excluding hydrogens is 354 g/mol. The zero-order valence-corrected chi connectivity index (χ0v) is 16.2. The molecule has 0 aliphatic rings. The quantitative estimate of drug-likeness (QED) is 0.577. The molecule has 0 bridgehead atoms. The van der Waals surface area contributed by atoms with E-state index < -0.39 is 0 Å². The molecule has 28 heavy (non-hydrogen) atoms. The summed E-state index contributed by atoms with van der Waals surface area (Å²) in [4.78, 5) is 18.8. The Hall–Kier alpha value is -3.41. The van der Waals surface area contributed by atoms with E-state index in [1.165, 1.54) is 0 Å². The second-order valence-electron chi connectivity index (χ2n) is 6.54. The highest BCUT2D eigenvalue weighted by Gasteiger charge is 2.19. The summed E-state index contributed by atoms with van der Waals surface area (Å²) in [5, 5.41) is 4.02. The fourth-order valence-corrected chi connectivity index (χ4v) is 2.66. The number of rotatable bonds is 7. The van der Waals surface area contributed by atoms with Gasteiger partial charge in [0.25, 0.3) is 0 Å². The fourth-order valence-electron chi connectivity index (χ4n) is 2.66. The Morgan fingerprint density at radius 3 is 2.50 bits per heavy atom. The van der Waals surface area contributed by atoms with Gasteiger partial charge in [-0.05, 0) is 49.8 Å². The first-order valence-corrected chi connectivity index (χ1v) is 9.07. The number of amides is 1. The highest BCUT2D eigenvalue weighted by atomic mass is 16.5. The standard InChI is InChI=1S/C22H23N3O3/c1-16(2)25(21(26)14-9-17-7-5-4-6-8-17)15-20-23-22(24-28-20)18-10-12-19(27-3)13-11-18/h4-14,16H,15H2,1-3H3/b14-9+. The van der Waals surface area contributed by atoms with Crippen molar-refractivity contribution in [1.82, 2.24) is 15.0 Å². The van der Waals surface area contributed by atoms with Crippen LogP contribution in [-0.2, 0) is 11.3 Å². The largest absolute Gasteiger partial charge is 0.497 e. The number of methoxy groups -OCH3 is 1. The number of hydrogen-bond acceptors (Lipinski definition) is 5. The van der Waals surface area contributed by atoms with Crippen LogP contribution in [0, 0.1) is 0 Å². The first-order valence-electron chi connectivity index (χ1n) is 9.07. The Morgan fingerprint density at radius 2 is 1.86 bits per heavy atom. The van der Waals surface area contributed by atoms with E-state index in [1.54, 1.807) is 24.2 Å². The molecule has 0 saturated heterocycles. The maximum Gasteiger partial charge on any atom is 0.247 e. The van der Waals surface area contributed by atoms with Crippen molar-refractivity contribution in [2.24, 2.45) is 0 Å². The summed E-state index contributed by atoms with van der Waals surface area (Å²) in [5.41, 5.74) is 1.79. The minimum atomic E-state index is -0.108. The monoisotopic (exact) mass is 377 g/mol. The molecule has 0 saturated carbocycles. The van der Waals surface area contributed by atoms with E-state index in [0.29, 0.717) is 11.7 Å². The summed E-state index contributed by atoms with van der Waals surface area (Å²) < 4.78 is 10.5. The van der Waals surface area contributed by atoms with Crippen LogP contribution in [0.2, 0.25) is 0 Å². The molecule has 6 nitrogen and oxygen atoms in total. The van der Waals surface area contributed by atoms with Crippen LogP contribution in [0.3, 0.4) is 0 Å². The zero-order chi connectivity index (χ0) is 19.9. The maximum absolute atomic E-state index is 12.6. The molecule has 0 atom stereocenters. The van der Waals surface area contributed by atoms with Crippen LogP contribution in [0.1, 0.15) is 25.3 Å². The molecule has 0 aliphatic heterocycles. The first kappa shape index (κ1) is 19.4. The molecule has 0 spiro atoms. The number of carbonyl (C=O) groups excluding carboxylic acids is 1. The molecule has 0 N–H and O–H groups in total. The van der Waals surface area contributed by atoms with Gasteiger partial charge >= 0.3 is 0 Å². The van der Waals surface area contributed by atoms with Gasteiger partial charge in [-0.25, -0.2) is 0 Å². The molecule has 0 unspecified atom stereocenters. The smallest absolute Gasteiger partial charge is 0.247 e. The number of benzene rings is 2. The van der Waals surface area contributed by atoms with Crippen molar-refractivity contribution < 1.29 is 14.1 Å². The summed E-state index contributed by atoms with van der Waals surface area (Å²) in [7, 11) is 1.62. The Balaban J connectivity index is 1.71. The average Bonchev–Trinajstić information content (AvgIpc) is 3.19. The molecule has 0 fully saturated rings. The van der Waals surface area contributed by atoms with Crippen LogP contribution in [0.15, 0.2) is 65.2 Å². The highest BCUT2D eigenvalue weighted by Crippen LogP contribution is 2.20. The van der Waals surface area contributed by atoms with E-state index in [2.05, 4.69) is 10.1 Å². The van der Waals surface area contributed by atoms with Crippen LogP contribution >= 0.6 is 0 Å². The fraction of sp³-hybridized carbons (Fsp3) is 0.227. The summed E-state index contributed by atoms with van der Waals surface area (Å²) in [6.45, 7) is 4.16. The van der Waals surface area contributed by atoms with E-state index in [0.717, 1.165) is 16.9 Å². The molecule has 1 aromatic heterocycles. The van der Waals surface area contributed by atoms with E-state index >= 15 is 0 Å². The van der Waals surface area contributed by atoms with Gasteiger partial charge in [0.15, 0.2) is 0 Å². The molecule has 0 aliphatic carbocycles. The van der Waals surface area contributed by atoms with E-state index in [4.69, 9.17) is 9.26 Å². The lowest BCUT2D eigenvalue weighted by Crippen LogP contribution is -2.35. The van der Waals surface area contributed by atoms with Crippen LogP contribution in [-0.4, -0.2) is 34.1 Å².